The number of rotatable bonds is 7. The van der Waals surface area contributed by atoms with Crippen LogP contribution in [0.15, 0.2) is 29.4 Å². The average molecular weight is 380 g/mol. The molecule has 0 aromatic carbocycles. The first-order valence-corrected chi connectivity index (χ1v) is 11.0. The summed E-state index contributed by atoms with van der Waals surface area (Å²) in [6.45, 7) is 9.70. The summed E-state index contributed by atoms with van der Waals surface area (Å²) in [6.07, 6.45) is 13.9. The van der Waals surface area contributed by atoms with Crippen LogP contribution in [0.25, 0.3) is 5.65 Å². The van der Waals surface area contributed by atoms with Crippen LogP contribution in [0.5, 0.6) is 0 Å². The number of hydrogen-bond acceptors (Lipinski definition) is 4. The van der Waals surface area contributed by atoms with Gasteiger partial charge in [-0.1, -0.05) is 39.2 Å². The molecule has 5 heteroatoms. The summed E-state index contributed by atoms with van der Waals surface area (Å²) in [5.41, 5.74) is 4.61. The van der Waals surface area contributed by atoms with E-state index in [0.717, 1.165) is 43.9 Å². The fourth-order valence-electron chi connectivity index (χ4n) is 4.41. The maximum absolute atomic E-state index is 5.00. The maximum Gasteiger partial charge on any atom is 0.157 e. The number of dihydropyridines is 1. The van der Waals surface area contributed by atoms with Gasteiger partial charge in [-0.3, -0.25) is 4.99 Å². The van der Waals surface area contributed by atoms with Gasteiger partial charge in [0.2, 0.25) is 0 Å². The Balaban J connectivity index is 1.51. The number of hydrogen-bond donors (Lipinski definition) is 0. The van der Waals surface area contributed by atoms with Crippen molar-refractivity contribution in [1.29, 1.82) is 0 Å². The van der Waals surface area contributed by atoms with Gasteiger partial charge in [-0.15, -0.1) is 0 Å². The van der Waals surface area contributed by atoms with Crippen molar-refractivity contribution in [3.63, 3.8) is 0 Å². The quantitative estimate of drug-likeness (QED) is 0.640. The summed E-state index contributed by atoms with van der Waals surface area (Å²) < 4.78 is 1.96. The zero-order valence-electron chi connectivity index (χ0n) is 17.6. The Hall–Kier alpha value is -2.17. The normalized spacial score (nSPS) is 20.8. The predicted molar refractivity (Wildman–Crippen MR) is 117 cm³/mol. The molecule has 4 rings (SSSR count). The highest BCUT2D eigenvalue weighted by atomic mass is 15.3. The summed E-state index contributed by atoms with van der Waals surface area (Å²) in [7, 11) is 0. The van der Waals surface area contributed by atoms with Gasteiger partial charge in [0.05, 0.1) is 5.69 Å². The highest BCUT2D eigenvalue weighted by Gasteiger charge is 2.28. The minimum absolute atomic E-state index is 0.490. The van der Waals surface area contributed by atoms with E-state index in [-0.39, 0.29) is 0 Å². The second-order valence-corrected chi connectivity index (χ2v) is 8.45. The van der Waals surface area contributed by atoms with Gasteiger partial charge >= 0.3 is 0 Å². The largest absolute Gasteiger partial charge is 0.356 e. The maximum atomic E-state index is 5.00. The summed E-state index contributed by atoms with van der Waals surface area (Å²) in [4.78, 5) is 12.2. The minimum Gasteiger partial charge on any atom is -0.356 e. The molecule has 150 valence electrons. The number of allylic oxidation sites excluding steroid dienone is 1. The van der Waals surface area contributed by atoms with Crippen LogP contribution in [0.1, 0.15) is 69.5 Å². The van der Waals surface area contributed by atoms with Crippen molar-refractivity contribution < 1.29 is 0 Å². The first-order valence-electron chi connectivity index (χ1n) is 11.0. The summed E-state index contributed by atoms with van der Waals surface area (Å²) >= 11 is 0. The molecule has 2 aliphatic rings. The van der Waals surface area contributed by atoms with Gasteiger partial charge in [0.15, 0.2) is 5.65 Å². The molecule has 2 aliphatic heterocycles. The molecule has 2 aromatic heterocycles. The number of unbranched alkanes of at least 4 members (excludes halogenated alkanes) is 2. The molecule has 0 N–H and O–H groups in total. The Labute approximate surface area is 168 Å². The van der Waals surface area contributed by atoms with Crippen LogP contribution in [-0.4, -0.2) is 39.9 Å². The first kappa shape index (κ1) is 19.2. The zero-order chi connectivity index (χ0) is 19.5. The lowest BCUT2D eigenvalue weighted by Crippen LogP contribution is -2.24. The van der Waals surface area contributed by atoms with E-state index in [2.05, 4.69) is 50.1 Å². The molecule has 0 bridgehead atoms. The predicted octanol–water partition coefficient (Wildman–Crippen LogP) is 4.95. The number of nitrogens with zero attached hydrogens (tertiary/aromatic N) is 5. The number of aromatic nitrogens is 3. The molecule has 1 saturated heterocycles. The molecule has 0 spiro atoms. The van der Waals surface area contributed by atoms with Gasteiger partial charge in [0, 0.05) is 55.0 Å². The van der Waals surface area contributed by atoms with Crippen LogP contribution in [0.4, 0.5) is 5.82 Å². The van der Waals surface area contributed by atoms with Crippen LogP contribution >= 0.6 is 0 Å². The van der Waals surface area contributed by atoms with Crippen molar-refractivity contribution in [3.8, 4) is 0 Å². The topological polar surface area (TPSA) is 45.8 Å². The molecule has 1 fully saturated rings. The Morgan fingerprint density at radius 2 is 2.18 bits per heavy atom. The summed E-state index contributed by atoms with van der Waals surface area (Å²) in [5, 5.41) is 4.82. The third-order valence-electron chi connectivity index (χ3n) is 6.15. The molecule has 5 nitrogen and oxygen atoms in total. The molecule has 2 aromatic rings. The molecular weight excluding hydrogens is 346 g/mol. The molecule has 0 saturated carbocycles. The van der Waals surface area contributed by atoms with E-state index in [0.29, 0.717) is 11.8 Å². The van der Waals surface area contributed by atoms with Crippen molar-refractivity contribution in [2.24, 2.45) is 10.9 Å². The van der Waals surface area contributed by atoms with E-state index in [4.69, 9.17) is 15.1 Å². The Morgan fingerprint density at radius 3 is 2.96 bits per heavy atom. The Morgan fingerprint density at radius 1 is 1.29 bits per heavy atom. The van der Waals surface area contributed by atoms with Gasteiger partial charge < -0.3 is 4.90 Å². The fraction of sp³-hybridized carbons (Fsp3) is 0.609. The third kappa shape index (κ3) is 3.98. The van der Waals surface area contributed by atoms with E-state index in [1.54, 1.807) is 0 Å². The van der Waals surface area contributed by atoms with Crippen molar-refractivity contribution in [2.45, 2.75) is 65.2 Å². The first-order chi connectivity index (χ1) is 13.7. The molecule has 4 heterocycles. The van der Waals surface area contributed by atoms with Crippen molar-refractivity contribution in [3.05, 3.63) is 35.7 Å². The SMILES string of the molecule is CCCCC[C@H](C)c1cc2nc(N3CCC(C4=NCCC=C4)C3)c(C)cn2n1. The third-order valence-corrected chi connectivity index (χ3v) is 6.15. The second-order valence-electron chi connectivity index (χ2n) is 8.45. The molecular formula is C23H33N5. The lowest BCUT2D eigenvalue weighted by molar-refractivity contribution is 0.584. The lowest BCUT2D eigenvalue weighted by atomic mass is 10.0. The lowest BCUT2D eigenvalue weighted by Gasteiger charge is -2.20. The van der Waals surface area contributed by atoms with Gasteiger partial charge in [0.25, 0.3) is 0 Å². The summed E-state index contributed by atoms with van der Waals surface area (Å²) in [6, 6.07) is 2.18. The smallest absolute Gasteiger partial charge is 0.157 e. The Bertz CT molecular complexity index is 878. The van der Waals surface area contributed by atoms with Gasteiger partial charge in [-0.2, -0.15) is 5.10 Å². The number of fused-ring (bicyclic) bond motifs is 1. The fourth-order valence-corrected chi connectivity index (χ4v) is 4.41. The van der Waals surface area contributed by atoms with Crippen LogP contribution < -0.4 is 4.90 Å². The van der Waals surface area contributed by atoms with Crippen LogP contribution in [-0.2, 0) is 0 Å². The monoisotopic (exact) mass is 379 g/mol. The van der Waals surface area contributed by atoms with Gasteiger partial charge in [-0.05, 0) is 32.3 Å². The molecule has 0 aliphatic carbocycles. The van der Waals surface area contributed by atoms with E-state index in [9.17, 15) is 0 Å². The van der Waals surface area contributed by atoms with Crippen LogP contribution in [0.2, 0.25) is 0 Å². The van der Waals surface area contributed by atoms with Crippen LogP contribution in [0.3, 0.4) is 0 Å². The highest BCUT2D eigenvalue weighted by Crippen LogP contribution is 2.28. The number of anilines is 1. The molecule has 28 heavy (non-hydrogen) atoms. The second kappa shape index (κ2) is 8.46. The van der Waals surface area contributed by atoms with E-state index in [1.165, 1.54) is 42.7 Å². The zero-order valence-corrected chi connectivity index (χ0v) is 17.6. The highest BCUT2D eigenvalue weighted by molar-refractivity contribution is 5.98. The number of aliphatic imine (C=N–C) groups is 1. The van der Waals surface area contributed by atoms with Crippen molar-refractivity contribution in [1.82, 2.24) is 14.6 Å². The summed E-state index contributed by atoms with van der Waals surface area (Å²) in [5.74, 6) is 2.14. The minimum atomic E-state index is 0.490. The van der Waals surface area contributed by atoms with E-state index >= 15 is 0 Å². The van der Waals surface area contributed by atoms with Crippen molar-refractivity contribution >= 4 is 17.2 Å². The molecule has 2 atom stereocenters. The molecule has 0 amide bonds. The Kier molecular flexibility index (Phi) is 5.79. The van der Waals surface area contributed by atoms with E-state index in [1.807, 2.05) is 4.52 Å². The van der Waals surface area contributed by atoms with E-state index < -0.39 is 0 Å². The number of aryl methyl sites for hydroxylation is 1. The van der Waals surface area contributed by atoms with Crippen molar-refractivity contribution in [2.75, 3.05) is 24.5 Å². The molecule has 0 radical (unpaired) electrons. The van der Waals surface area contributed by atoms with Crippen LogP contribution in [0, 0.1) is 12.8 Å². The van der Waals surface area contributed by atoms with Gasteiger partial charge in [-0.25, -0.2) is 9.50 Å². The molecule has 1 unspecified atom stereocenters. The standard InChI is InChI=1S/C23H33N5/c1-4-5-6-9-17(2)21-14-22-25-23(18(3)15-28(22)26-21)27-13-11-19(16-27)20-10-7-8-12-24-20/h7,10,14-15,17,19H,4-6,8-9,11-13,16H2,1-3H3/t17-,19?/m0/s1. The van der Waals surface area contributed by atoms with Gasteiger partial charge in [0.1, 0.15) is 5.82 Å². The average Bonchev–Trinajstić information content (AvgIpc) is 3.35.